The molecule has 8 heteroatoms. The van der Waals surface area contributed by atoms with Gasteiger partial charge in [-0.2, -0.15) is 5.10 Å². The van der Waals surface area contributed by atoms with Crippen LogP contribution in [0.15, 0.2) is 36.5 Å². The maximum Gasteiger partial charge on any atom is 0.244 e. The second-order valence-electron chi connectivity index (χ2n) is 9.75. The van der Waals surface area contributed by atoms with Gasteiger partial charge in [0, 0.05) is 46.2 Å². The zero-order chi connectivity index (χ0) is 24.4. The fourth-order valence-corrected chi connectivity index (χ4v) is 5.80. The van der Waals surface area contributed by atoms with Gasteiger partial charge in [0.2, 0.25) is 5.91 Å². The topological polar surface area (TPSA) is 59.8 Å². The molecule has 0 radical (unpaired) electrons. The number of carbonyl (C=O) groups excluding carboxylic acids is 1. The van der Waals surface area contributed by atoms with Crippen LogP contribution in [0.3, 0.4) is 0 Å². The number of nitrogens with zero attached hydrogens (tertiary/aromatic N) is 4. The van der Waals surface area contributed by atoms with Crippen molar-refractivity contribution in [3.63, 3.8) is 0 Å². The van der Waals surface area contributed by atoms with Crippen molar-refractivity contribution < 1.29 is 14.3 Å². The number of thiophene rings is 1. The predicted octanol–water partition coefficient (Wildman–Crippen LogP) is 4.37. The van der Waals surface area contributed by atoms with Gasteiger partial charge in [0.25, 0.3) is 0 Å². The van der Waals surface area contributed by atoms with Crippen molar-refractivity contribution in [1.82, 2.24) is 19.6 Å². The first-order chi connectivity index (χ1) is 17.0. The molecule has 186 valence electrons. The molecule has 35 heavy (non-hydrogen) atoms. The molecular weight excluding hydrogens is 460 g/mol. The number of amides is 1. The van der Waals surface area contributed by atoms with Gasteiger partial charge in [-0.3, -0.25) is 9.48 Å². The maximum absolute atomic E-state index is 13.2. The van der Waals surface area contributed by atoms with E-state index >= 15 is 0 Å². The Hall–Kier alpha value is -2.84. The SMILES string of the molecule is Cc1ccc(-c2cc3c(c(OCC4CCCN(C)C4)c2)OCCN(C(=O)Cn2nccc2C)C3)s1. The molecule has 1 amide bonds. The summed E-state index contributed by atoms with van der Waals surface area (Å²) in [6, 6.07) is 10.5. The number of piperidine rings is 1. The van der Waals surface area contributed by atoms with E-state index in [0.29, 0.717) is 32.2 Å². The Bertz CT molecular complexity index is 1190. The fourth-order valence-electron chi connectivity index (χ4n) is 4.95. The van der Waals surface area contributed by atoms with E-state index in [9.17, 15) is 4.79 Å². The van der Waals surface area contributed by atoms with Gasteiger partial charge in [-0.25, -0.2) is 0 Å². The van der Waals surface area contributed by atoms with E-state index in [4.69, 9.17) is 9.47 Å². The van der Waals surface area contributed by atoms with Crippen molar-refractivity contribution in [3.05, 3.63) is 52.7 Å². The maximum atomic E-state index is 13.2. The number of ether oxygens (including phenoxy) is 2. The Labute approximate surface area is 211 Å². The smallest absolute Gasteiger partial charge is 0.244 e. The lowest BCUT2D eigenvalue weighted by Crippen LogP contribution is -2.35. The van der Waals surface area contributed by atoms with Crippen LogP contribution in [0, 0.1) is 19.8 Å². The summed E-state index contributed by atoms with van der Waals surface area (Å²) in [5.41, 5.74) is 3.08. The zero-order valence-corrected chi connectivity index (χ0v) is 21.6. The molecule has 1 aromatic carbocycles. The van der Waals surface area contributed by atoms with E-state index in [1.54, 1.807) is 22.2 Å². The molecule has 1 fully saturated rings. The molecule has 5 rings (SSSR count). The molecule has 7 nitrogen and oxygen atoms in total. The minimum Gasteiger partial charge on any atom is -0.489 e. The largest absolute Gasteiger partial charge is 0.489 e. The van der Waals surface area contributed by atoms with Crippen LogP contribution in [-0.2, 0) is 17.9 Å². The highest BCUT2D eigenvalue weighted by molar-refractivity contribution is 7.15. The molecule has 0 aliphatic carbocycles. The lowest BCUT2D eigenvalue weighted by molar-refractivity contribution is -0.132. The molecule has 0 saturated carbocycles. The van der Waals surface area contributed by atoms with Crippen molar-refractivity contribution >= 4 is 17.2 Å². The molecule has 3 aromatic rings. The number of fused-ring (bicyclic) bond motifs is 1. The molecule has 2 aliphatic rings. The summed E-state index contributed by atoms with van der Waals surface area (Å²) in [6.07, 6.45) is 4.12. The van der Waals surface area contributed by atoms with Gasteiger partial charge in [-0.15, -0.1) is 11.3 Å². The summed E-state index contributed by atoms with van der Waals surface area (Å²) in [4.78, 5) is 19.9. The van der Waals surface area contributed by atoms with Gasteiger partial charge in [0.15, 0.2) is 11.5 Å². The average molecular weight is 495 g/mol. The highest BCUT2D eigenvalue weighted by Crippen LogP contribution is 2.40. The van der Waals surface area contributed by atoms with Crippen LogP contribution < -0.4 is 9.47 Å². The van der Waals surface area contributed by atoms with E-state index in [1.165, 1.54) is 22.6 Å². The van der Waals surface area contributed by atoms with Crippen molar-refractivity contribution in [1.29, 1.82) is 0 Å². The molecule has 4 heterocycles. The van der Waals surface area contributed by atoms with E-state index in [-0.39, 0.29) is 12.5 Å². The van der Waals surface area contributed by atoms with Gasteiger partial charge in [-0.1, -0.05) is 0 Å². The van der Waals surface area contributed by atoms with Crippen LogP contribution in [0.25, 0.3) is 10.4 Å². The number of hydrogen-bond donors (Lipinski definition) is 0. The molecule has 0 N–H and O–H groups in total. The molecule has 0 spiro atoms. The van der Waals surface area contributed by atoms with Crippen LogP contribution >= 0.6 is 11.3 Å². The Balaban J connectivity index is 1.41. The Morgan fingerprint density at radius 2 is 2.11 bits per heavy atom. The summed E-state index contributed by atoms with van der Waals surface area (Å²) in [5, 5.41) is 4.28. The van der Waals surface area contributed by atoms with E-state index in [2.05, 4.69) is 48.2 Å². The Morgan fingerprint density at radius 3 is 2.86 bits per heavy atom. The number of carbonyl (C=O) groups is 1. The minimum absolute atomic E-state index is 0.0401. The van der Waals surface area contributed by atoms with Crippen LogP contribution in [0.4, 0.5) is 0 Å². The van der Waals surface area contributed by atoms with Crippen molar-refractivity contribution in [2.24, 2.45) is 5.92 Å². The monoisotopic (exact) mass is 494 g/mol. The summed E-state index contributed by atoms with van der Waals surface area (Å²) in [6.45, 7) is 8.68. The Kier molecular flexibility index (Phi) is 7.11. The van der Waals surface area contributed by atoms with Crippen molar-refractivity contribution in [2.75, 3.05) is 39.9 Å². The summed E-state index contributed by atoms with van der Waals surface area (Å²) < 4.78 is 14.4. The summed E-state index contributed by atoms with van der Waals surface area (Å²) >= 11 is 1.77. The normalized spacial score (nSPS) is 18.6. The number of rotatable bonds is 6. The van der Waals surface area contributed by atoms with E-state index < -0.39 is 0 Å². The first kappa shape index (κ1) is 23.9. The molecule has 1 atom stereocenters. The highest BCUT2D eigenvalue weighted by atomic mass is 32.1. The van der Waals surface area contributed by atoms with E-state index in [0.717, 1.165) is 41.4 Å². The van der Waals surface area contributed by atoms with Crippen LogP contribution in [0.5, 0.6) is 11.5 Å². The quantitative estimate of drug-likeness (QED) is 0.509. The number of aromatic nitrogens is 2. The second-order valence-corrected chi connectivity index (χ2v) is 11.0. The third-order valence-corrected chi connectivity index (χ3v) is 7.94. The van der Waals surface area contributed by atoms with E-state index in [1.807, 2.05) is 17.9 Å². The van der Waals surface area contributed by atoms with Gasteiger partial charge in [0.05, 0.1) is 13.2 Å². The number of benzene rings is 1. The first-order valence-electron chi connectivity index (χ1n) is 12.4. The second kappa shape index (κ2) is 10.4. The van der Waals surface area contributed by atoms with Crippen LogP contribution in [0.1, 0.15) is 29.0 Å². The lowest BCUT2D eigenvalue weighted by Gasteiger charge is -2.29. The molecule has 1 saturated heterocycles. The number of hydrogen-bond acceptors (Lipinski definition) is 6. The van der Waals surface area contributed by atoms with Crippen LogP contribution in [-0.4, -0.2) is 65.4 Å². The third kappa shape index (κ3) is 5.54. The summed E-state index contributed by atoms with van der Waals surface area (Å²) in [5.74, 6) is 2.11. The molecule has 0 bridgehead atoms. The molecule has 2 aliphatic heterocycles. The van der Waals surface area contributed by atoms with Gasteiger partial charge < -0.3 is 19.3 Å². The highest BCUT2D eigenvalue weighted by Gasteiger charge is 2.25. The Morgan fingerprint density at radius 1 is 1.23 bits per heavy atom. The molecule has 1 unspecified atom stereocenters. The number of likely N-dealkylation sites (tertiary alicyclic amines) is 1. The van der Waals surface area contributed by atoms with Crippen molar-refractivity contribution in [3.8, 4) is 21.9 Å². The number of aryl methyl sites for hydroxylation is 2. The average Bonchev–Trinajstić information content (AvgIpc) is 3.38. The van der Waals surface area contributed by atoms with Gasteiger partial charge in [0.1, 0.15) is 13.2 Å². The zero-order valence-electron chi connectivity index (χ0n) is 20.8. The summed E-state index contributed by atoms with van der Waals surface area (Å²) in [7, 11) is 2.18. The standard InChI is InChI=1S/C27H34N4O3S/c1-19-8-9-28-31(19)17-26(32)30-11-12-33-27-23(16-30)13-22(25-7-6-20(2)35-25)14-24(27)34-18-21-5-4-10-29(3)15-21/h6-9,13-14,21H,4-5,10-12,15-18H2,1-3H3. The minimum atomic E-state index is 0.0401. The first-order valence-corrected chi connectivity index (χ1v) is 13.2. The predicted molar refractivity (Wildman–Crippen MR) is 138 cm³/mol. The van der Waals surface area contributed by atoms with Gasteiger partial charge >= 0.3 is 0 Å². The van der Waals surface area contributed by atoms with Crippen molar-refractivity contribution in [2.45, 2.75) is 39.8 Å². The third-order valence-electron chi connectivity index (χ3n) is 6.89. The molecule has 2 aromatic heterocycles. The molecular formula is C27H34N4O3S. The van der Waals surface area contributed by atoms with Gasteiger partial charge in [-0.05, 0) is 76.2 Å². The fraction of sp³-hybridized carbons (Fsp3) is 0.481. The van der Waals surface area contributed by atoms with Crippen LogP contribution in [0.2, 0.25) is 0 Å². The lowest BCUT2D eigenvalue weighted by atomic mass is 9.99.